The second kappa shape index (κ2) is 4.97. The van der Waals surface area contributed by atoms with Crippen molar-refractivity contribution in [2.75, 3.05) is 6.54 Å². The first-order chi connectivity index (χ1) is 9.27. The third-order valence-electron chi connectivity index (χ3n) is 4.91. The Labute approximate surface area is 116 Å². The van der Waals surface area contributed by atoms with Crippen LogP contribution in [-0.4, -0.2) is 17.5 Å². The Bertz CT molecular complexity index is 490. The van der Waals surface area contributed by atoms with Crippen molar-refractivity contribution in [3.8, 4) is 0 Å². The summed E-state index contributed by atoms with van der Waals surface area (Å²) >= 11 is 0. The molecule has 1 aromatic carbocycles. The molecule has 0 spiro atoms. The van der Waals surface area contributed by atoms with Crippen molar-refractivity contribution < 1.29 is 0 Å². The number of piperidine rings is 1. The van der Waals surface area contributed by atoms with Crippen LogP contribution in [-0.2, 0) is 0 Å². The van der Waals surface area contributed by atoms with E-state index in [0.29, 0.717) is 18.0 Å². The molecule has 100 valence electrons. The summed E-state index contributed by atoms with van der Waals surface area (Å²) in [5, 5.41) is 0. The lowest BCUT2D eigenvalue weighted by atomic mass is 9.64. The highest BCUT2D eigenvalue weighted by Crippen LogP contribution is 2.53. The highest BCUT2D eigenvalue weighted by molar-refractivity contribution is 5.40. The van der Waals surface area contributed by atoms with Crippen molar-refractivity contribution in [2.24, 2.45) is 5.92 Å². The van der Waals surface area contributed by atoms with Crippen molar-refractivity contribution in [2.45, 2.75) is 37.8 Å². The van der Waals surface area contributed by atoms with Gasteiger partial charge >= 0.3 is 0 Å². The smallest absolute Gasteiger partial charge is 0.0360 e. The molecule has 0 amide bonds. The molecule has 4 rings (SSSR count). The summed E-state index contributed by atoms with van der Waals surface area (Å²) in [6.45, 7) is 11.3. The van der Waals surface area contributed by atoms with Crippen LogP contribution in [0.4, 0.5) is 0 Å². The quantitative estimate of drug-likeness (QED) is 0.723. The monoisotopic (exact) mass is 253 g/mol. The minimum absolute atomic E-state index is 0.569. The van der Waals surface area contributed by atoms with Crippen LogP contribution in [0.3, 0.4) is 0 Å². The lowest BCUT2D eigenvalue weighted by Crippen LogP contribution is -2.52. The molecule has 19 heavy (non-hydrogen) atoms. The standard InChI is InChI=1S/C18H23N/c1-4-8-16-18-13(3)12-17(19(16)11-5-2)14-9-6-7-10-15(14)18/h4-7,9-10,13,16-18H,1-2,8,11-12H2,3H3/t13-,16-,17-,18-/m1/s1. The summed E-state index contributed by atoms with van der Waals surface area (Å²) in [4.78, 5) is 2.64. The van der Waals surface area contributed by atoms with Crippen molar-refractivity contribution in [1.29, 1.82) is 0 Å². The van der Waals surface area contributed by atoms with Gasteiger partial charge in [0.1, 0.15) is 0 Å². The van der Waals surface area contributed by atoms with E-state index >= 15 is 0 Å². The first-order valence-electron chi connectivity index (χ1n) is 7.34. The Hall–Kier alpha value is -1.34. The van der Waals surface area contributed by atoms with E-state index in [0.717, 1.165) is 18.9 Å². The van der Waals surface area contributed by atoms with Crippen LogP contribution < -0.4 is 0 Å². The first kappa shape index (κ1) is 12.7. The fourth-order valence-corrected chi connectivity index (χ4v) is 4.25. The number of fused-ring (bicyclic) bond motifs is 2. The Balaban J connectivity index is 2.08. The zero-order valence-corrected chi connectivity index (χ0v) is 11.8. The van der Waals surface area contributed by atoms with Crippen LogP contribution >= 0.6 is 0 Å². The molecule has 0 aromatic heterocycles. The first-order valence-corrected chi connectivity index (χ1v) is 7.34. The van der Waals surface area contributed by atoms with Crippen molar-refractivity contribution in [1.82, 2.24) is 4.90 Å². The number of benzene rings is 1. The van der Waals surface area contributed by atoms with Gasteiger partial charge in [-0.25, -0.2) is 0 Å². The lowest BCUT2D eigenvalue weighted by Gasteiger charge is -2.55. The second-order valence-corrected chi connectivity index (χ2v) is 5.96. The summed E-state index contributed by atoms with van der Waals surface area (Å²) in [5.41, 5.74) is 3.13. The molecule has 1 aromatic rings. The average Bonchev–Trinajstić information content (AvgIpc) is 2.42. The molecule has 1 heteroatoms. The van der Waals surface area contributed by atoms with Gasteiger partial charge in [0.15, 0.2) is 0 Å². The van der Waals surface area contributed by atoms with Gasteiger partial charge in [-0.3, -0.25) is 4.90 Å². The van der Waals surface area contributed by atoms with Gasteiger partial charge < -0.3 is 0 Å². The number of nitrogens with zero attached hydrogens (tertiary/aromatic N) is 1. The molecule has 2 heterocycles. The Morgan fingerprint density at radius 3 is 2.63 bits per heavy atom. The maximum Gasteiger partial charge on any atom is 0.0360 e. The predicted octanol–water partition coefficient (Wildman–Crippen LogP) is 4.30. The largest absolute Gasteiger partial charge is 0.289 e. The lowest BCUT2D eigenvalue weighted by molar-refractivity contribution is 0.0281. The summed E-state index contributed by atoms with van der Waals surface area (Å²) < 4.78 is 0. The molecule has 1 aliphatic carbocycles. The van der Waals surface area contributed by atoms with Crippen LogP contribution in [0.1, 0.15) is 42.9 Å². The summed E-state index contributed by atoms with van der Waals surface area (Å²) in [6, 6.07) is 10.2. The van der Waals surface area contributed by atoms with Gasteiger partial charge in [-0.2, -0.15) is 0 Å². The van der Waals surface area contributed by atoms with E-state index in [4.69, 9.17) is 0 Å². The van der Waals surface area contributed by atoms with Crippen molar-refractivity contribution in [3.63, 3.8) is 0 Å². The Morgan fingerprint density at radius 2 is 1.95 bits per heavy atom. The highest BCUT2D eigenvalue weighted by Gasteiger charge is 2.47. The molecule has 0 radical (unpaired) electrons. The van der Waals surface area contributed by atoms with E-state index in [1.165, 1.54) is 6.42 Å². The van der Waals surface area contributed by atoms with Crippen LogP contribution in [0.15, 0.2) is 49.6 Å². The minimum atomic E-state index is 0.569. The van der Waals surface area contributed by atoms with Crippen LogP contribution in [0.2, 0.25) is 0 Å². The number of rotatable bonds is 4. The summed E-state index contributed by atoms with van der Waals surface area (Å²) in [7, 11) is 0. The van der Waals surface area contributed by atoms with Crippen LogP contribution in [0.5, 0.6) is 0 Å². The molecular weight excluding hydrogens is 230 g/mol. The average molecular weight is 253 g/mol. The number of hydrogen-bond donors (Lipinski definition) is 0. The number of hydrogen-bond acceptors (Lipinski definition) is 1. The van der Waals surface area contributed by atoms with Gasteiger partial charge in [0.25, 0.3) is 0 Å². The van der Waals surface area contributed by atoms with Gasteiger partial charge in [0.2, 0.25) is 0 Å². The highest BCUT2D eigenvalue weighted by atomic mass is 15.2. The van der Waals surface area contributed by atoms with E-state index < -0.39 is 0 Å². The molecule has 3 aliphatic rings. The van der Waals surface area contributed by atoms with E-state index in [1.807, 2.05) is 6.08 Å². The molecule has 2 aliphatic heterocycles. The fourth-order valence-electron chi connectivity index (χ4n) is 4.25. The molecule has 0 unspecified atom stereocenters. The zero-order valence-electron chi connectivity index (χ0n) is 11.8. The third kappa shape index (κ3) is 1.88. The molecule has 1 saturated heterocycles. The maximum absolute atomic E-state index is 3.96. The predicted molar refractivity (Wildman–Crippen MR) is 81.2 cm³/mol. The topological polar surface area (TPSA) is 3.24 Å². The molecule has 1 fully saturated rings. The van der Waals surface area contributed by atoms with Gasteiger partial charge in [0, 0.05) is 24.5 Å². The molecule has 0 saturated carbocycles. The van der Waals surface area contributed by atoms with Gasteiger partial charge in [-0.05, 0) is 29.9 Å². The normalized spacial score (nSPS) is 32.9. The third-order valence-corrected chi connectivity index (χ3v) is 4.91. The van der Waals surface area contributed by atoms with Crippen molar-refractivity contribution >= 4 is 0 Å². The maximum atomic E-state index is 3.96. The van der Waals surface area contributed by atoms with Gasteiger partial charge in [-0.1, -0.05) is 43.3 Å². The second-order valence-electron chi connectivity index (χ2n) is 5.96. The molecule has 2 bridgehead atoms. The molecule has 4 atom stereocenters. The van der Waals surface area contributed by atoms with Gasteiger partial charge in [-0.15, -0.1) is 13.2 Å². The van der Waals surface area contributed by atoms with Crippen molar-refractivity contribution in [3.05, 3.63) is 60.7 Å². The van der Waals surface area contributed by atoms with Crippen LogP contribution in [0, 0.1) is 5.92 Å². The minimum Gasteiger partial charge on any atom is -0.289 e. The molecule has 1 nitrogen and oxygen atoms in total. The van der Waals surface area contributed by atoms with E-state index in [-0.39, 0.29) is 0 Å². The zero-order chi connectivity index (χ0) is 13.4. The van der Waals surface area contributed by atoms with Gasteiger partial charge in [0.05, 0.1) is 0 Å². The van der Waals surface area contributed by atoms with Crippen LogP contribution in [0.25, 0.3) is 0 Å². The van der Waals surface area contributed by atoms with E-state index in [1.54, 1.807) is 11.1 Å². The Morgan fingerprint density at radius 1 is 1.21 bits per heavy atom. The Kier molecular flexibility index (Phi) is 3.32. The summed E-state index contributed by atoms with van der Waals surface area (Å²) in [6.07, 6.45) is 6.48. The molecule has 0 N–H and O–H groups in total. The van der Waals surface area contributed by atoms with E-state index in [2.05, 4.69) is 55.3 Å². The summed E-state index contributed by atoms with van der Waals surface area (Å²) in [5.74, 6) is 1.42. The molecular formula is C18H23N. The SMILES string of the molecule is C=CC[C@@H]1[C@H]2c3ccccc3[C@@H](C[C@H]2C)N1CC=C. The fraction of sp³-hybridized carbons (Fsp3) is 0.444. The van der Waals surface area contributed by atoms with E-state index in [9.17, 15) is 0 Å².